The topological polar surface area (TPSA) is 64.7 Å². The molecular formula is C32H35F2N5OS. The fraction of sp³-hybridized carbons (Fsp3) is 0.281. The van der Waals surface area contributed by atoms with Gasteiger partial charge < -0.3 is 5.32 Å². The smallest absolute Gasteiger partial charge is 0.230 e. The van der Waals surface area contributed by atoms with Gasteiger partial charge in [-0.05, 0) is 59.9 Å². The number of amides is 1. The van der Waals surface area contributed by atoms with Crippen LogP contribution in [0.3, 0.4) is 0 Å². The molecule has 0 aliphatic heterocycles. The van der Waals surface area contributed by atoms with Crippen molar-refractivity contribution in [2.75, 3.05) is 5.32 Å². The summed E-state index contributed by atoms with van der Waals surface area (Å²) in [5, 5.41) is 8.49. The number of fused-ring (bicyclic) bond motifs is 1. The third-order valence-electron chi connectivity index (χ3n) is 6.61. The quantitative estimate of drug-likeness (QED) is 0.213. The molecule has 5 rings (SSSR count). The number of para-hydroxylation sites is 1. The minimum atomic E-state index is -0.450. The number of pyridine rings is 1. The largest absolute Gasteiger partial charge is 0.310 e. The van der Waals surface area contributed by atoms with Gasteiger partial charge in [0.2, 0.25) is 5.91 Å². The van der Waals surface area contributed by atoms with Gasteiger partial charge in [0.1, 0.15) is 11.6 Å². The lowest BCUT2D eigenvalue weighted by atomic mass is 9.92. The molecule has 0 saturated carbocycles. The highest BCUT2D eigenvalue weighted by Gasteiger charge is 2.22. The Morgan fingerprint density at radius 3 is 2.41 bits per heavy atom. The fourth-order valence-corrected chi connectivity index (χ4v) is 5.02. The van der Waals surface area contributed by atoms with E-state index >= 15 is 4.39 Å². The summed E-state index contributed by atoms with van der Waals surface area (Å²) in [7, 11) is 0. The van der Waals surface area contributed by atoms with E-state index in [1.165, 1.54) is 10.0 Å². The molecule has 9 heteroatoms. The number of benzene rings is 2. The fourth-order valence-electron chi connectivity index (χ4n) is 4.61. The normalized spacial score (nSPS) is 11.3. The number of nitrogens with zero attached hydrogens (tertiary/aromatic N) is 4. The van der Waals surface area contributed by atoms with E-state index in [9.17, 15) is 8.68 Å². The van der Waals surface area contributed by atoms with Gasteiger partial charge in [-0.3, -0.25) is 4.79 Å². The van der Waals surface area contributed by atoms with E-state index in [4.69, 9.17) is 5.10 Å². The van der Waals surface area contributed by atoms with E-state index in [0.717, 1.165) is 33.5 Å². The molecule has 0 atom stereocenters. The van der Waals surface area contributed by atoms with Crippen LogP contribution < -0.4 is 5.32 Å². The third kappa shape index (κ3) is 6.68. The second kappa shape index (κ2) is 12.7. The van der Waals surface area contributed by atoms with E-state index in [0.29, 0.717) is 23.4 Å². The summed E-state index contributed by atoms with van der Waals surface area (Å²) < 4.78 is 31.5. The molecule has 41 heavy (non-hydrogen) atoms. The highest BCUT2D eigenvalue weighted by atomic mass is 32.2. The van der Waals surface area contributed by atoms with Crippen LogP contribution in [0, 0.1) is 12.7 Å². The summed E-state index contributed by atoms with van der Waals surface area (Å²) in [6.45, 7) is 12.1. The average molecular weight is 576 g/mol. The maximum atomic E-state index is 15.1. The Bertz CT molecular complexity index is 1650. The first-order valence-corrected chi connectivity index (χ1v) is 14.3. The number of rotatable bonds is 7. The Kier molecular flexibility index (Phi) is 9.28. The highest BCUT2D eigenvalue weighted by molar-refractivity contribution is 7.92. The molecule has 0 spiro atoms. The van der Waals surface area contributed by atoms with Gasteiger partial charge in [0.25, 0.3) is 0 Å². The molecular weight excluding hydrogens is 540 g/mol. The molecule has 0 fully saturated rings. The lowest BCUT2D eigenvalue weighted by Gasteiger charge is -2.14. The van der Waals surface area contributed by atoms with Crippen LogP contribution in [0.25, 0.3) is 16.7 Å². The molecule has 2 aromatic carbocycles. The first-order chi connectivity index (χ1) is 19.6. The lowest BCUT2D eigenvalue weighted by Crippen LogP contribution is -2.17. The minimum absolute atomic E-state index is 0.0974. The molecule has 0 saturated heterocycles. The van der Waals surface area contributed by atoms with E-state index in [1.807, 2.05) is 69.3 Å². The Balaban J connectivity index is 0.00000189. The summed E-state index contributed by atoms with van der Waals surface area (Å²) in [6.07, 6.45) is 3.66. The summed E-state index contributed by atoms with van der Waals surface area (Å²) in [6, 6.07) is 18.2. The Morgan fingerprint density at radius 2 is 1.76 bits per heavy atom. The van der Waals surface area contributed by atoms with Crippen molar-refractivity contribution in [1.82, 2.24) is 18.7 Å². The average Bonchev–Trinajstić information content (AvgIpc) is 3.53. The third-order valence-corrected chi connectivity index (χ3v) is 7.04. The van der Waals surface area contributed by atoms with Gasteiger partial charge in [-0.15, -0.1) is 3.89 Å². The molecule has 3 aromatic heterocycles. The maximum absolute atomic E-state index is 15.1. The van der Waals surface area contributed by atoms with Crippen molar-refractivity contribution in [2.24, 2.45) is 0 Å². The van der Waals surface area contributed by atoms with Crippen molar-refractivity contribution in [2.45, 2.75) is 59.8 Å². The van der Waals surface area contributed by atoms with Crippen molar-refractivity contribution in [3.05, 3.63) is 107 Å². The first-order valence-electron chi connectivity index (χ1n) is 13.6. The van der Waals surface area contributed by atoms with Gasteiger partial charge in [0, 0.05) is 29.3 Å². The first kappa shape index (κ1) is 30.0. The number of nitrogens with one attached hydrogen (secondary N) is 1. The van der Waals surface area contributed by atoms with Crippen molar-refractivity contribution >= 4 is 35.1 Å². The summed E-state index contributed by atoms with van der Waals surface area (Å²) in [4.78, 5) is 17.3. The second-order valence-electron chi connectivity index (χ2n) is 10.6. The molecule has 6 nitrogen and oxygen atoms in total. The molecule has 0 unspecified atom stereocenters. The standard InChI is InChI=1S/C30H29F2N5OS.C2H6/c1-19-18-36(39-32)29-28(19)22(12-13-33-29)14-20-10-11-21(24(31)15-20)16-27(38)34-26-17-25(30(2,3)4)35-37(26)23-8-6-5-7-9-23;1-2/h5-13,15,17-18H,14,16H2,1-4H3,(H,34,38);1-2H3. The SMILES string of the molecule is CC.Cc1cn(SF)c2nccc(Cc3ccc(CC(=O)Nc4cc(C(C)(C)C)nn4-c4ccccc4)c(F)c3)c12. The Labute approximate surface area is 244 Å². The molecule has 0 bridgehead atoms. The molecule has 1 N–H and O–H groups in total. The minimum Gasteiger partial charge on any atom is -0.310 e. The molecule has 5 aromatic rings. The number of carbonyl (C=O) groups is 1. The molecule has 0 aliphatic carbocycles. The highest BCUT2D eigenvalue weighted by Crippen LogP contribution is 2.29. The van der Waals surface area contributed by atoms with Crippen LogP contribution in [0.15, 0.2) is 73.1 Å². The lowest BCUT2D eigenvalue weighted by molar-refractivity contribution is -0.115. The van der Waals surface area contributed by atoms with Gasteiger partial charge in [-0.2, -0.15) is 5.10 Å². The van der Waals surface area contributed by atoms with E-state index < -0.39 is 5.82 Å². The van der Waals surface area contributed by atoms with Gasteiger partial charge in [0.15, 0.2) is 18.0 Å². The maximum Gasteiger partial charge on any atom is 0.230 e. The zero-order valence-corrected chi connectivity index (χ0v) is 25.0. The van der Waals surface area contributed by atoms with E-state index in [1.54, 1.807) is 23.1 Å². The van der Waals surface area contributed by atoms with Crippen molar-refractivity contribution in [3.8, 4) is 5.69 Å². The number of halogens is 2. The number of aromatic nitrogens is 4. The summed E-state index contributed by atoms with van der Waals surface area (Å²) in [5.41, 5.74) is 4.85. The van der Waals surface area contributed by atoms with Gasteiger partial charge in [0.05, 0.1) is 17.8 Å². The van der Waals surface area contributed by atoms with Crippen molar-refractivity contribution in [3.63, 3.8) is 0 Å². The number of hydrogen-bond acceptors (Lipinski definition) is 4. The number of carbonyl (C=O) groups excluding carboxylic acids is 1. The summed E-state index contributed by atoms with van der Waals surface area (Å²) >= 11 is 0.0974. The van der Waals surface area contributed by atoms with Gasteiger partial charge >= 0.3 is 0 Å². The van der Waals surface area contributed by atoms with Crippen LogP contribution in [0.1, 0.15) is 62.6 Å². The van der Waals surface area contributed by atoms with E-state index in [2.05, 4.69) is 31.1 Å². The second-order valence-corrected chi connectivity index (χ2v) is 11.1. The molecule has 0 radical (unpaired) electrons. The molecule has 3 heterocycles. The van der Waals surface area contributed by atoms with Gasteiger partial charge in [-0.25, -0.2) is 18.0 Å². The zero-order chi connectivity index (χ0) is 29.7. The number of anilines is 1. The van der Waals surface area contributed by atoms with Crippen molar-refractivity contribution in [1.29, 1.82) is 0 Å². The van der Waals surface area contributed by atoms with Crippen LogP contribution in [0.4, 0.5) is 14.1 Å². The Hall–Kier alpha value is -3.98. The van der Waals surface area contributed by atoms with Crippen LogP contribution in [-0.2, 0) is 23.1 Å². The molecule has 214 valence electrons. The van der Waals surface area contributed by atoms with E-state index in [-0.39, 0.29) is 30.1 Å². The molecule has 0 aliphatic rings. The predicted octanol–water partition coefficient (Wildman–Crippen LogP) is 8.15. The van der Waals surface area contributed by atoms with Crippen LogP contribution in [0.2, 0.25) is 0 Å². The van der Waals surface area contributed by atoms with Crippen LogP contribution in [0.5, 0.6) is 0 Å². The monoisotopic (exact) mass is 575 g/mol. The number of aryl methyl sites for hydroxylation is 1. The number of hydrogen-bond donors (Lipinski definition) is 1. The Morgan fingerprint density at radius 1 is 1.02 bits per heavy atom. The van der Waals surface area contributed by atoms with Gasteiger partial charge in [-0.1, -0.05) is 65.0 Å². The predicted molar refractivity (Wildman–Crippen MR) is 164 cm³/mol. The van der Waals surface area contributed by atoms with Crippen LogP contribution >= 0.6 is 12.3 Å². The molecule has 1 amide bonds. The van der Waals surface area contributed by atoms with Crippen LogP contribution in [-0.4, -0.2) is 24.6 Å². The zero-order valence-electron chi connectivity index (χ0n) is 24.2. The van der Waals surface area contributed by atoms with Crippen molar-refractivity contribution < 1.29 is 13.1 Å². The summed E-state index contributed by atoms with van der Waals surface area (Å²) in [5.74, 6) is -0.257.